The Kier molecular flexibility index (Phi) is 10.4. The van der Waals surface area contributed by atoms with E-state index in [-0.39, 0.29) is 5.96 Å². The van der Waals surface area contributed by atoms with E-state index in [4.69, 9.17) is 9.47 Å². The van der Waals surface area contributed by atoms with Crippen LogP contribution in [0.25, 0.3) is 0 Å². The van der Waals surface area contributed by atoms with Gasteiger partial charge in [0.15, 0.2) is 0 Å². The van der Waals surface area contributed by atoms with E-state index in [1.54, 1.807) is 26.4 Å². The highest BCUT2D eigenvalue weighted by Crippen LogP contribution is 2.37. The van der Waals surface area contributed by atoms with E-state index in [2.05, 4.69) is 25.8 Å². The highest BCUT2D eigenvalue weighted by atomic mass is 16.5. The molecule has 3 aromatic carbocycles. The van der Waals surface area contributed by atoms with Crippen LogP contribution in [0.15, 0.2) is 77.8 Å². The van der Waals surface area contributed by atoms with Crippen LogP contribution in [-0.4, -0.2) is 38.0 Å². The number of benzene rings is 3. The molecule has 10 heteroatoms. The summed E-state index contributed by atoms with van der Waals surface area (Å²) in [5, 5.41) is 7.99. The van der Waals surface area contributed by atoms with E-state index in [0.29, 0.717) is 18.5 Å². The third-order valence-corrected chi connectivity index (χ3v) is 7.50. The molecule has 226 valence electrons. The van der Waals surface area contributed by atoms with E-state index in [1.807, 2.05) is 74.5 Å². The number of anilines is 4. The molecule has 3 N–H and O–H groups in total. The van der Waals surface area contributed by atoms with E-state index in [1.165, 1.54) is 0 Å². The number of amides is 4. The zero-order chi connectivity index (χ0) is 30.8. The topological polar surface area (TPSA) is 121 Å². The maximum Gasteiger partial charge on any atom is 0.348 e. The molecule has 1 fully saturated rings. The number of nitrogens with zero attached hydrogens (tertiary/aromatic N) is 2. The third-order valence-electron chi connectivity index (χ3n) is 7.50. The molecule has 0 spiro atoms. The molecule has 0 aromatic heterocycles. The fraction of sp³-hybridized carbons (Fsp3) is 0.333. The fourth-order valence-electron chi connectivity index (χ4n) is 5.04. The van der Waals surface area contributed by atoms with Crippen molar-refractivity contribution in [2.45, 2.75) is 52.4 Å². The molecule has 10 nitrogen and oxygen atoms in total. The SMILES string of the molecule is CCCCC1(CCCC)C(=O)NC(=NC(=O)Nc2ccc(N(c3ccc(OC)cc3)c3ccc(OC)cc3)cc2)NC1=O. The molecule has 0 atom stereocenters. The second-order valence-electron chi connectivity index (χ2n) is 10.4. The van der Waals surface area contributed by atoms with Gasteiger partial charge in [-0.2, -0.15) is 4.99 Å². The quantitative estimate of drug-likeness (QED) is 0.204. The number of guanidine groups is 1. The van der Waals surface area contributed by atoms with E-state index >= 15 is 0 Å². The fourth-order valence-corrected chi connectivity index (χ4v) is 5.04. The van der Waals surface area contributed by atoms with Gasteiger partial charge in [-0.1, -0.05) is 39.5 Å². The number of rotatable bonds is 12. The molecule has 1 aliphatic heterocycles. The maximum absolute atomic E-state index is 13.1. The predicted molar refractivity (Wildman–Crippen MR) is 168 cm³/mol. The zero-order valence-electron chi connectivity index (χ0n) is 25.1. The number of carbonyl (C=O) groups excluding carboxylic acids is 3. The van der Waals surface area contributed by atoms with Crippen molar-refractivity contribution in [3.63, 3.8) is 0 Å². The second kappa shape index (κ2) is 14.4. The number of aliphatic imine (C=N–C) groups is 1. The van der Waals surface area contributed by atoms with Gasteiger partial charge in [-0.15, -0.1) is 0 Å². The van der Waals surface area contributed by atoms with E-state index in [9.17, 15) is 14.4 Å². The number of nitrogens with one attached hydrogen (secondary N) is 3. The van der Waals surface area contributed by atoms with Gasteiger partial charge in [-0.25, -0.2) is 4.79 Å². The van der Waals surface area contributed by atoms with Gasteiger partial charge >= 0.3 is 6.03 Å². The Morgan fingerprint density at radius 3 is 1.56 bits per heavy atom. The molecular formula is C33H39N5O5. The van der Waals surface area contributed by atoms with Crippen molar-refractivity contribution in [3.8, 4) is 11.5 Å². The van der Waals surface area contributed by atoms with Crippen molar-refractivity contribution in [2.24, 2.45) is 10.4 Å². The Balaban J connectivity index is 1.50. The summed E-state index contributed by atoms with van der Waals surface area (Å²) in [6, 6.07) is 21.9. The minimum absolute atomic E-state index is 0.169. The monoisotopic (exact) mass is 585 g/mol. The first-order chi connectivity index (χ1) is 20.8. The van der Waals surface area contributed by atoms with Crippen molar-refractivity contribution in [1.82, 2.24) is 10.6 Å². The van der Waals surface area contributed by atoms with Crippen LogP contribution in [0.2, 0.25) is 0 Å². The molecule has 0 aliphatic carbocycles. The van der Waals surface area contributed by atoms with Crippen LogP contribution < -0.4 is 30.3 Å². The van der Waals surface area contributed by atoms with Crippen LogP contribution in [0.4, 0.5) is 27.5 Å². The first-order valence-corrected chi connectivity index (χ1v) is 14.5. The molecule has 0 bridgehead atoms. The molecular weight excluding hydrogens is 546 g/mol. The summed E-state index contributed by atoms with van der Waals surface area (Å²) in [5.74, 6) is 0.502. The maximum atomic E-state index is 13.1. The lowest BCUT2D eigenvalue weighted by Gasteiger charge is -2.35. The van der Waals surface area contributed by atoms with Crippen LogP contribution in [0, 0.1) is 5.41 Å². The lowest BCUT2D eigenvalue weighted by molar-refractivity contribution is -0.145. The number of hydrogen-bond donors (Lipinski definition) is 3. The normalized spacial score (nSPS) is 13.9. The number of methoxy groups -OCH3 is 2. The molecule has 3 aromatic rings. The zero-order valence-corrected chi connectivity index (χ0v) is 25.1. The number of urea groups is 1. The van der Waals surface area contributed by atoms with Crippen molar-refractivity contribution < 1.29 is 23.9 Å². The van der Waals surface area contributed by atoms with Gasteiger partial charge in [0.1, 0.15) is 16.9 Å². The minimum Gasteiger partial charge on any atom is -0.497 e. The summed E-state index contributed by atoms with van der Waals surface area (Å²) in [7, 11) is 3.25. The van der Waals surface area contributed by atoms with E-state index in [0.717, 1.165) is 54.2 Å². The molecule has 0 radical (unpaired) electrons. The van der Waals surface area contributed by atoms with Crippen LogP contribution >= 0.6 is 0 Å². The van der Waals surface area contributed by atoms with Crippen molar-refractivity contribution in [2.75, 3.05) is 24.4 Å². The average molecular weight is 586 g/mol. The lowest BCUT2D eigenvalue weighted by Crippen LogP contribution is -2.63. The van der Waals surface area contributed by atoms with Gasteiger partial charge in [0.25, 0.3) is 0 Å². The Hall–Kier alpha value is -4.86. The van der Waals surface area contributed by atoms with Crippen LogP contribution in [-0.2, 0) is 9.59 Å². The van der Waals surface area contributed by atoms with Crippen molar-refractivity contribution >= 4 is 46.6 Å². The third kappa shape index (κ3) is 7.32. The van der Waals surface area contributed by atoms with Gasteiger partial charge in [0.05, 0.1) is 14.2 Å². The largest absolute Gasteiger partial charge is 0.497 e. The van der Waals surface area contributed by atoms with E-state index < -0.39 is 23.3 Å². The molecule has 1 heterocycles. The first kappa shape index (κ1) is 31.1. The van der Waals surface area contributed by atoms with Gasteiger partial charge in [0, 0.05) is 22.7 Å². The summed E-state index contributed by atoms with van der Waals surface area (Å²) in [4.78, 5) is 44.9. The first-order valence-electron chi connectivity index (χ1n) is 14.5. The Morgan fingerprint density at radius 1 is 0.744 bits per heavy atom. The number of unbranched alkanes of at least 4 members (excludes halogenated alkanes) is 2. The molecule has 0 unspecified atom stereocenters. The average Bonchev–Trinajstić information content (AvgIpc) is 3.02. The molecule has 1 saturated heterocycles. The second-order valence-corrected chi connectivity index (χ2v) is 10.4. The summed E-state index contributed by atoms with van der Waals surface area (Å²) in [5.41, 5.74) is 2.02. The summed E-state index contributed by atoms with van der Waals surface area (Å²) in [6.45, 7) is 4.04. The molecule has 4 amide bonds. The summed E-state index contributed by atoms with van der Waals surface area (Å²) in [6.07, 6.45) is 4.15. The molecule has 1 aliphatic rings. The van der Waals surface area contributed by atoms with Gasteiger partial charge in [-0.3, -0.25) is 20.2 Å². The Morgan fingerprint density at radius 2 is 1.16 bits per heavy atom. The minimum atomic E-state index is -1.14. The van der Waals surface area contributed by atoms with Crippen LogP contribution in [0.5, 0.6) is 11.5 Å². The molecule has 43 heavy (non-hydrogen) atoms. The summed E-state index contributed by atoms with van der Waals surface area (Å²) < 4.78 is 10.6. The number of ether oxygens (including phenoxy) is 2. The molecule has 0 saturated carbocycles. The predicted octanol–water partition coefficient (Wildman–Crippen LogP) is 6.67. The van der Waals surface area contributed by atoms with Gasteiger partial charge in [-0.05, 0) is 85.6 Å². The van der Waals surface area contributed by atoms with Gasteiger partial charge < -0.3 is 19.7 Å². The number of hydrogen-bond acceptors (Lipinski definition) is 6. The number of carbonyl (C=O) groups is 3. The Bertz CT molecular complexity index is 1360. The lowest BCUT2D eigenvalue weighted by atomic mass is 9.75. The van der Waals surface area contributed by atoms with Crippen LogP contribution in [0.3, 0.4) is 0 Å². The van der Waals surface area contributed by atoms with Crippen molar-refractivity contribution in [3.05, 3.63) is 72.8 Å². The van der Waals surface area contributed by atoms with Gasteiger partial charge in [0.2, 0.25) is 17.8 Å². The highest BCUT2D eigenvalue weighted by Gasteiger charge is 2.48. The van der Waals surface area contributed by atoms with Crippen LogP contribution in [0.1, 0.15) is 52.4 Å². The molecule has 4 rings (SSSR count). The van der Waals surface area contributed by atoms with Crippen molar-refractivity contribution in [1.29, 1.82) is 0 Å². The smallest absolute Gasteiger partial charge is 0.348 e. The summed E-state index contributed by atoms with van der Waals surface area (Å²) >= 11 is 0. The Labute approximate surface area is 252 Å². The standard InChI is InChI=1S/C33H39N5O5/c1-5-7-21-33(22-8-6-2)29(39)35-31(36-30(33)40)37-32(41)34-23-9-11-24(12-10-23)38(25-13-17-27(42-3)18-14-25)26-15-19-28(43-4)20-16-26/h9-20H,5-8,21-22H2,1-4H3,(H3,34,35,36,37,39,40,41). The highest BCUT2D eigenvalue weighted by molar-refractivity contribution is 6.22.